The summed E-state index contributed by atoms with van der Waals surface area (Å²) in [5.41, 5.74) is 6.43. The van der Waals surface area contributed by atoms with Crippen molar-refractivity contribution in [1.29, 1.82) is 0 Å². The zero-order valence-corrected chi connectivity index (χ0v) is 11.2. The molecular weight excluding hydrogens is 310 g/mol. The van der Waals surface area contributed by atoms with Crippen LogP contribution in [0, 0.1) is 0 Å². The van der Waals surface area contributed by atoms with Crippen LogP contribution in [0.1, 0.15) is 0 Å². The second-order valence-electron chi connectivity index (χ2n) is 2.94. The molecule has 2 aromatic heterocycles. The maximum absolute atomic E-state index is 6.00. The van der Waals surface area contributed by atoms with Crippen LogP contribution in [0.2, 0.25) is 5.02 Å². The minimum atomic E-state index is 0.594. The fourth-order valence-electron chi connectivity index (χ4n) is 1.07. The summed E-state index contributed by atoms with van der Waals surface area (Å²) in [7, 11) is 0. The normalized spacial score (nSPS) is 10.4. The third-order valence-electron chi connectivity index (χ3n) is 1.76. The third kappa shape index (κ3) is 2.66. The van der Waals surface area contributed by atoms with Gasteiger partial charge in [0.25, 0.3) is 0 Å². The number of nitrogens with two attached hydrogens (primary N) is 1. The lowest BCUT2D eigenvalue weighted by molar-refractivity contribution is 1.09. The minimum Gasteiger partial charge on any atom is -0.397 e. The zero-order valence-electron chi connectivity index (χ0n) is 8.02. The van der Waals surface area contributed by atoms with E-state index in [2.05, 4.69) is 25.9 Å². The monoisotopic (exact) mass is 315 g/mol. The molecule has 82 valence electrons. The van der Waals surface area contributed by atoms with Gasteiger partial charge in [-0.2, -0.15) is 0 Å². The van der Waals surface area contributed by atoms with Crippen molar-refractivity contribution < 1.29 is 0 Å². The number of anilines is 1. The smallest absolute Gasteiger partial charge is 0.125 e. The summed E-state index contributed by atoms with van der Waals surface area (Å²) in [6, 6.07) is 5.36. The van der Waals surface area contributed by atoms with Gasteiger partial charge in [-0.05, 0) is 45.9 Å². The molecule has 0 saturated heterocycles. The standard InChI is InChI=1S/C10H7BrClN3S/c11-6-4-8(13)10(15-5-6)16-9-7(12)2-1-3-14-9/h1-5H,13H2. The van der Waals surface area contributed by atoms with Gasteiger partial charge in [-0.3, -0.25) is 0 Å². The van der Waals surface area contributed by atoms with Crippen molar-refractivity contribution in [2.24, 2.45) is 0 Å². The highest BCUT2D eigenvalue weighted by Gasteiger charge is 2.07. The van der Waals surface area contributed by atoms with Crippen LogP contribution in [-0.2, 0) is 0 Å². The number of halogens is 2. The van der Waals surface area contributed by atoms with E-state index >= 15 is 0 Å². The van der Waals surface area contributed by atoms with Gasteiger partial charge in [0.15, 0.2) is 0 Å². The van der Waals surface area contributed by atoms with Crippen LogP contribution >= 0.6 is 39.3 Å². The summed E-state index contributed by atoms with van der Waals surface area (Å²) >= 11 is 10.6. The lowest BCUT2D eigenvalue weighted by Gasteiger charge is -2.04. The van der Waals surface area contributed by atoms with Gasteiger partial charge in [0.05, 0.1) is 10.7 Å². The predicted octanol–water partition coefficient (Wildman–Crippen LogP) is 3.63. The van der Waals surface area contributed by atoms with E-state index < -0.39 is 0 Å². The average molecular weight is 317 g/mol. The van der Waals surface area contributed by atoms with Gasteiger partial charge < -0.3 is 5.73 Å². The number of pyridine rings is 2. The van der Waals surface area contributed by atoms with Crippen LogP contribution in [-0.4, -0.2) is 9.97 Å². The summed E-state index contributed by atoms with van der Waals surface area (Å²) < 4.78 is 0.849. The maximum atomic E-state index is 6.00. The zero-order chi connectivity index (χ0) is 11.5. The molecule has 2 heterocycles. The molecule has 6 heteroatoms. The van der Waals surface area contributed by atoms with Crippen LogP contribution in [0.3, 0.4) is 0 Å². The number of rotatable bonds is 2. The molecule has 2 rings (SSSR count). The van der Waals surface area contributed by atoms with E-state index in [-0.39, 0.29) is 0 Å². The highest BCUT2D eigenvalue weighted by atomic mass is 79.9. The maximum Gasteiger partial charge on any atom is 0.125 e. The number of aromatic nitrogens is 2. The van der Waals surface area contributed by atoms with E-state index in [1.54, 1.807) is 30.6 Å². The number of nitrogens with zero attached hydrogens (tertiary/aromatic N) is 2. The molecule has 2 N–H and O–H groups in total. The van der Waals surface area contributed by atoms with Crippen molar-refractivity contribution in [1.82, 2.24) is 9.97 Å². The van der Waals surface area contributed by atoms with Gasteiger partial charge in [-0.15, -0.1) is 0 Å². The van der Waals surface area contributed by atoms with Crippen molar-refractivity contribution in [3.63, 3.8) is 0 Å². The Labute approximate surface area is 111 Å². The first kappa shape index (κ1) is 11.7. The fourth-order valence-corrected chi connectivity index (χ4v) is 2.40. The summed E-state index contributed by atoms with van der Waals surface area (Å²) in [6.07, 6.45) is 3.37. The molecule has 0 aliphatic carbocycles. The first-order valence-corrected chi connectivity index (χ1v) is 6.35. The highest BCUT2D eigenvalue weighted by molar-refractivity contribution is 9.10. The minimum absolute atomic E-state index is 0.594. The Bertz CT molecular complexity index is 521. The Morgan fingerprint density at radius 1 is 1.31 bits per heavy atom. The molecule has 0 radical (unpaired) electrons. The molecule has 3 nitrogen and oxygen atoms in total. The molecule has 0 aliphatic rings. The van der Waals surface area contributed by atoms with Gasteiger partial charge in [0.2, 0.25) is 0 Å². The van der Waals surface area contributed by atoms with Gasteiger partial charge in [-0.1, -0.05) is 11.6 Å². The van der Waals surface area contributed by atoms with Crippen LogP contribution in [0.25, 0.3) is 0 Å². The molecule has 0 bridgehead atoms. The summed E-state index contributed by atoms with van der Waals surface area (Å²) in [5, 5.41) is 1.99. The average Bonchev–Trinajstić information content (AvgIpc) is 2.25. The first-order valence-electron chi connectivity index (χ1n) is 4.36. The largest absolute Gasteiger partial charge is 0.397 e. The first-order chi connectivity index (χ1) is 7.66. The lowest BCUT2D eigenvalue weighted by Crippen LogP contribution is -1.92. The van der Waals surface area contributed by atoms with Crippen molar-refractivity contribution >= 4 is 45.0 Å². The van der Waals surface area contributed by atoms with E-state index in [0.29, 0.717) is 20.8 Å². The lowest BCUT2D eigenvalue weighted by atomic mass is 10.4. The Balaban J connectivity index is 2.31. The molecule has 0 fully saturated rings. The molecule has 0 unspecified atom stereocenters. The van der Waals surface area contributed by atoms with E-state index in [0.717, 1.165) is 4.47 Å². The summed E-state index contributed by atoms with van der Waals surface area (Å²) in [5.74, 6) is 0. The van der Waals surface area contributed by atoms with E-state index in [1.807, 2.05) is 0 Å². The van der Waals surface area contributed by atoms with Crippen molar-refractivity contribution in [3.05, 3.63) is 40.1 Å². The molecule has 0 atom stereocenters. The second-order valence-corrected chi connectivity index (χ2v) is 5.24. The predicted molar refractivity (Wildman–Crippen MR) is 69.7 cm³/mol. The van der Waals surface area contributed by atoms with E-state index in [9.17, 15) is 0 Å². The highest BCUT2D eigenvalue weighted by Crippen LogP contribution is 2.33. The Hall–Kier alpha value is -0.780. The Morgan fingerprint density at radius 2 is 2.12 bits per heavy atom. The molecule has 0 spiro atoms. The quantitative estimate of drug-likeness (QED) is 0.919. The molecule has 16 heavy (non-hydrogen) atoms. The van der Waals surface area contributed by atoms with Crippen LogP contribution in [0.5, 0.6) is 0 Å². The van der Waals surface area contributed by atoms with Crippen LogP contribution < -0.4 is 5.73 Å². The van der Waals surface area contributed by atoms with Gasteiger partial charge in [0.1, 0.15) is 10.1 Å². The Morgan fingerprint density at radius 3 is 2.81 bits per heavy atom. The SMILES string of the molecule is Nc1cc(Br)cnc1Sc1ncccc1Cl. The van der Waals surface area contributed by atoms with Gasteiger partial charge in [-0.25, -0.2) is 9.97 Å². The molecule has 0 aliphatic heterocycles. The molecule has 0 saturated carbocycles. The topological polar surface area (TPSA) is 51.8 Å². The molecule has 0 aromatic carbocycles. The van der Waals surface area contributed by atoms with Crippen LogP contribution in [0.15, 0.2) is 45.1 Å². The van der Waals surface area contributed by atoms with Crippen LogP contribution in [0.4, 0.5) is 5.69 Å². The fraction of sp³-hybridized carbons (Fsp3) is 0. The molecule has 0 amide bonds. The summed E-state index contributed by atoms with van der Waals surface area (Å²) in [6.45, 7) is 0. The molecule has 2 aromatic rings. The number of hydrogen-bond acceptors (Lipinski definition) is 4. The number of nitrogen functional groups attached to an aromatic ring is 1. The van der Waals surface area contributed by atoms with Crippen molar-refractivity contribution in [3.8, 4) is 0 Å². The number of hydrogen-bond donors (Lipinski definition) is 1. The third-order valence-corrected chi connectivity index (χ3v) is 3.67. The second kappa shape index (κ2) is 5.03. The van der Waals surface area contributed by atoms with E-state index in [1.165, 1.54) is 11.8 Å². The van der Waals surface area contributed by atoms with Gasteiger partial charge in [0, 0.05) is 16.9 Å². The Kier molecular flexibility index (Phi) is 3.68. The molecular formula is C10H7BrClN3S. The van der Waals surface area contributed by atoms with Crippen molar-refractivity contribution in [2.75, 3.05) is 5.73 Å². The van der Waals surface area contributed by atoms with Gasteiger partial charge >= 0.3 is 0 Å². The summed E-state index contributed by atoms with van der Waals surface area (Å²) in [4.78, 5) is 8.37. The van der Waals surface area contributed by atoms with Crippen molar-refractivity contribution in [2.45, 2.75) is 10.1 Å². The van der Waals surface area contributed by atoms with E-state index in [4.69, 9.17) is 17.3 Å².